The van der Waals surface area contributed by atoms with E-state index >= 15 is 0 Å². The quantitative estimate of drug-likeness (QED) is 0.589. The van der Waals surface area contributed by atoms with Gasteiger partial charge in [-0.25, -0.2) is 0 Å². The maximum Gasteiger partial charge on any atom is 0.120 e. The lowest BCUT2D eigenvalue weighted by Gasteiger charge is -2.11. The summed E-state index contributed by atoms with van der Waals surface area (Å²) in [4.78, 5) is 0. The Morgan fingerprint density at radius 3 is 2.95 bits per heavy atom. The monoisotopic (exact) mass is 259 g/mol. The summed E-state index contributed by atoms with van der Waals surface area (Å²) in [6.45, 7) is 6.10. The Kier molecular flexibility index (Phi) is 5.46. The van der Waals surface area contributed by atoms with Crippen LogP contribution in [0.3, 0.4) is 0 Å². The van der Waals surface area contributed by atoms with Gasteiger partial charge in [0.05, 0.1) is 6.10 Å². The molecular weight excluding hydrogens is 234 g/mol. The third-order valence-corrected chi connectivity index (χ3v) is 3.36. The van der Waals surface area contributed by atoms with E-state index in [4.69, 9.17) is 4.74 Å². The van der Waals surface area contributed by atoms with Gasteiger partial charge in [-0.2, -0.15) is 0 Å². The molecule has 0 amide bonds. The van der Waals surface area contributed by atoms with Gasteiger partial charge >= 0.3 is 0 Å². The van der Waals surface area contributed by atoms with Crippen LogP contribution in [-0.2, 0) is 6.54 Å². The fourth-order valence-electron chi connectivity index (χ4n) is 2.45. The molecule has 0 unspecified atom stereocenters. The van der Waals surface area contributed by atoms with Crippen LogP contribution in [0.15, 0.2) is 35.9 Å². The summed E-state index contributed by atoms with van der Waals surface area (Å²) < 4.78 is 5.71. The van der Waals surface area contributed by atoms with E-state index in [-0.39, 0.29) is 6.10 Å². The van der Waals surface area contributed by atoms with Gasteiger partial charge in [-0.1, -0.05) is 23.8 Å². The van der Waals surface area contributed by atoms with E-state index in [1.54, 1.807) is 5.57 Å². The average Bonchev–Trinajstić information content (AvgIpc) is 2.87. The highest BCUT2D eigenvalue weighted by Gasteiger charge is 2.04. The molecule has 0 spiro atoms. The molecule has 0 aliphatic heterocycles. The Labute approximate surface area is 116 Å². The van der Waals surface area contributed by atoms with Gasteiger partial charge in [-0.3, -0.25) is 0 Å². The summed E-state index contributed by atoms with van der Waals surface area (Å²) in [6, 6.07) is 8.36. The van der Waals surface area contributed by atoms with Crippen LogP contribution in [0.1, 0.15) is 45.1 Å². The lowest BCUT2D eigenvalue weighted by Crippen LogP contribution is -2.15. The van der Waals surface area contributed by atoms with Gasteiger partial charge < -0.3 is 10.1 Å². The van der Waals surface area contributed by atoms with Gasteiger partial charge in [0.1, 0.15) is 5.75 Å². The second kappa shape index (κ2) is 7.34. The first kappa shape index (κ1) is 14.1. The second-order valence-electron chi connectivity index (χ2n) is 5.50. The van der Waals surface area contributed by atoms with Crippen molar-refractivity contribution in [3.05, 3.63) is 41.5 Å². The smallest absolute Gasteiger partial charge is 0.120 e. The Hall–Kier alpha value is -1.28. The minimum absolute atomic E-state index is 0.234. The van der Waals surface area contributed by atoms with Crippen molar-refractivity contribution in [3.8, 4) is 5.75 Å². The number of ether oxygens (including phenoxy) is 1. The first-order valence-corrected chi connectivity index (χ1v) is 7.38. The van der Waals surface area contributed by atoms with E-state index in [2.05, 4.69) is 43.4 Å². The van der Waals surface area contributed by atoms with Crippen molar-refractivity contribution in [1.82, 2.24) is 5.32 Å². The maximum absolute atomic E-state index is 5.71. The largest absolute Gasteiger partial charge is 0.491 e. The zero-order valence-corrected chi connectivity index (χ0v) is 12.1. The number of rotatable bonds is 7. The van der Waals surface area contributed by atoms with Crippen molar-refractivity contribution in [2.45, 2.75) is 52.2 Å². The molecule has 0 saturated carbocycles. The van der Waals surface area contributed by atoms with Crippen LogP contribution in [-0.4, -0.2) is 12.6 Å². The van der Waals surface area contributed by atoms with Crippen molar-refractivity contribution in [2.24, 2.45) is 0 Å². The van der Waals surface area contributed by atoms with Crippen LogP contribution in [0.5, 0.6) is 5.75 Å². The molecule has 2 heteroatoms. The summed E-state index contributed by atoms with van der Waals surface area (Å²) in [6.07, 6.45) is 7.77. The maximum atomic E-state index is 5.71. The molecule has 0 saturated heterocycles. The summed E-state index contributed by atoms with van der Waals surface area (Å²) in [5, 5.41) is 3.51. The van der Waals surface area contributed by atoms with Gasteiger partial charge in [-0.05, 0) is 63.8 Å². The van der Waals surface area contributed by atoms with Gasteiger partial charge in [-0.15, -0.1) is 0 Å². The molecule has 0 heterocycles. The Bertz CT molecular complexity index is 423. The van der Waals surface area contributed by atoms with Crippen LogP contribution in [0, 0.1) is 0 Å². The summed E-state index contributed by atoms with van der Waals surface area (Å²) in [5.41, 5.74) is 2.92. The van der Waals surface area contributed by atoms with Crippen molar-refractivity contribution in [2.75, 3.05) is 6.54 Å². The molecule has 0 atom stereocenters. The Balaban J connectivity index is 1.72. The van der Waals surface area contributed by atoms with Crippen LogP contribution in [0.2, 0.25) is 0 Å². The molecule has 0 bridgehead atoms. The molecular formula is C17H25NO. The lowest BCUT2D eigenvalue weighted by atomic mass is 10.1. The number of hydrogen-bond acceptors (Lipinski definition) is 2. The average molecular weight is 259 g/mol. The molecule has 104 valence electrons. The SMILES string of the molecule is CC(C)Oc1cccc(CNCCC2=CCCC2)c1. The number of benzene rings is 1. The molecule has 1 N–H and O–H groups in total. The topological polar surface area (TPSA) is 21.3 Å². The standard InChI is InChI=1S/C17H25NO/c1-14(2)19-17-9-5-8-16(12-17)13-18-11-10-15-6-3-4-7-15/h5-6,8-9,12,14,18H,3-4,7,10-11,13H2,1-2H3. The first-order chi connectivity index (χ1) is 9.24. The van der Waals surface area contributed by atoms with Crippen molar-refractivity contribution in [1.29, 1.82) is 0 Å². The minimum atomic E-state index is 0.234. The van der Waals surface area contributed by atoms with E-state index in [1.165, 1.54) is 31.2 Å². The summed E-state index contributed by atoms with van der Waals surface area (Å²) >= 11 is 0. The number of hydrogen-bond donors (Lipinski definition) is 1. The fourth-order valence-corrected chi connectivity index (χ4v) is 2.45. The van der Waals surface area contributed by atoms with Crippen molar-refractivity contribution < 1.29 is 4.74 Å². The second-order valence-corrected chi connectivity index (χ2v) is 5.50. The molecule has 0 fully saturated rings. The predicted molar refractivity (Wildman–Crippen MR) is 80.5 cm³/mol. The molecule has 0 radical (unpaired) electrons. The lowest BCUT2D eigenvalue weighted by molar-refractivity contribution is 0.242. The Morgan fingerprint density at radius 1 is 1.32 bits per heavy atom. The fraction of sp³-hybridized carbons (Fsp3) is 0.529. The number of allylic oxidation sites excluding steroid dienone is 1. The number of nitrogens with one attached hydrogen (secondary N) is 1. The van der Waals surface area contributed by atoms with Crippen LogP contribution in [0.4, 0.5) is 0 Å². The molecule has 1 aromatic carbocycles. The summed E-state index contributed by atoms with van der Waals surface area (Å²) in [5.74, 6) is 0.966. The zero-order chi connectivity index (χ0) is 13.5. The van der Waals surface area contributed by atoms with Gasteiger partial charge in [0.15, 0.2) is 0 Å². The van der Waals surface area contributed by atoms with Crippen LogP contribution >= 0.6 is 0 Å². The van der Waals surface area contributed by atoms with Crippen molar-refractivity contribution in [3.63, 3.8) is 0 Å². The van der Waals surface area contributed by atoms with E-state index in [9.17, 15) is 0 Å². The summed E-state index contributed by atoms with van der Waals surface area (Å²) in [7, 11) is 0. The molecule has 0 aromatic heterocycles. The minimum Gasteiger partial charge on any atom is -0.491 e. The van der Waals surface area contributed by atoms with E-state index in [1.807, 2.05) is 6.07 Å². The van der Waals surface area contributed by atoms with Crippen molar-refractivity contribution >= 4 is 0 Å². The van der Waals surface area contributed by atoms with Crippen LogP contribution < -0.4 is 10.1 Å². The third kappa shape index (κ3) is 5.07. The normalized spacial score (nSPS) is 14.8. The molecule has 2 rings (SSSR count). The van der Waals surface area contributed by atoms with Crippen LogP contribution in [0.25, 0.3) is 0 Å². The van der Waals surface area contributed by atoms with E-state index < -0.39 is 0 Å². The highest BCUT2D eigenvalue weighted by molar-refractivity contribution is 5.28. The van der Waals surface area contributed by atoms with Gasteiger partial charge in [0.25, 0.3) is 0 Å². The first-order valence-electron chi connectivity index (χ1n) is 7.38. The predicted octanol–water partition coefficient (Wildman–Crippen LogP) is 4.06. The molecule has 1 aliphatic carbocycles. The molecule has 1 aliphatic rings. The van der Waals surface area contributed by atoms with Gasteiger partial charge in [0, 0.05) is 6.54 Å². The zero-order valence-electron chi connectivity index (χ0n) is 12.1. The van der Waals surface area contributed by atoms with E-state index in [0.717, 1.165) is 18.8 Å². The Morgan fingerprint density at radius 2 is 2.21 bits per heavy atom. The molecule has 1 aromatic rings. The third-order valence-electron chi connectivity index (χ3n) is 3.36. The molecule has 19 heavy (non-hydrogen) atoms. The highest BCUT2D eigenvalue weighted by atomic mass is 16.5. The van der Waals surface area contributed by atoms with E-state index in [0.29, 0.717) is 0 Å². The molecule has 2 nitrogen and oxygen atoms in total. The highest BCUT2D eigenvalue weighted by Crippen LogP contribution is 2.20. The van der Waals surface area contributed by atoms with Gasteiger partial charge in [0.2, 0.25) is 0 Å².